The lowest BCUT2D eigenvalue weighted by Gasteiger charge is -2.11. The molecule has 1 saturated carbocycles. The zero-order chi connectivity index (χ0) is 15.9. The molecule has 0 saturated heterocycles. The normalized spacial score (nSPS) is 15.4. The lowest BCUT2D eigenvalue weighted by molar-refractivity contribution is -0.117. The van der Waals surface area contributed by atoms with E-state index in [4.69, 9.17) is 4.74 Å². The lowest BCUT2D eigenvalue weighted by atomic mass is 10.1. The van der Waals surface area contributed by atoms with Crippen molar-refractivity contribution >= 4 is 34.6 Å². The first-order valence-electron chi connectivity index (χ1n) is 7.49. The number of halogens is 1. The van der Waals surface area contributed by atoms with Gasteiger partial charge in [0.1, 0.15) is 17.4 Å². The van der Waals surface area contributed by atoms with Crippen LogP contribution in [0.4, 0.5) is 0 Å². The average Bonchev–Trinajstić information content (AvgIpc) is 3.00. The van der Waals surface area contributed by atoms with Crippen LogP contribution < -0.4 is 10.1 Å². The molecule has 22 heavy (non-hydrogen) atoms. The molecular weight excluding hydrogens is 391 g/mol. The fraction of sp³-hybridized carbons (Fsp3) is 0.412. The molecule has 0 spiro atoms. The van der Waals surface area contributed by atoms with Crippen molar-refractivity contribution in [3.63, 3.8) is 0 Å². The summed E-state index contributed by atoms with van der Waals surface area (Å²) in [5.74, 6) is 0.535. The van der Waals surface area contributed by atoms with E-state index in [9.17, 15) is 10.1 Å². The zero-order valence-corrected chi connectivity index (χ0v) is 14.7. The van der Waals surface area contributed by atoms with Gasteiger partial charge in [0, 0.05) is 6.04 Å². The van der Waals surface area contributed by atoms with E-state index in [1.54, 1.807) is 6.08 Å². The van der Waals surface area contributed by atoms with E-state index in [0.29, 0.717) is 6.61 Å². The van der Waals surface area contributed by atoms with E-state index in [1.165, 1.54) is 0 Å². The Morgan fingerprint density at radius 2 is 2.23 bits per heavy atom. The number of nitrogens with zero attached hydrogens (tertiary/aromatic N) is 1. The maximum absolute atomic E-state index is 12.2. The van der Waals surface area contributed by atoms with Gasteiger partial charge in [-0.2, -0.15) is 5.26 Å². The number of ether oxygens (including phenoxy) is 1. The van der Waals surface area contributed by atoms with Gasteiger partial charge < -0.3 is 10.1 Å². The summed E-state index contributed by atoms with van der Waals surface area (Å²) in [6.07, 6.45) is 5.93. The summed E-state index contributed by atoms with van der Waals surface area (Å²) in [5.41, 5.74) is 0.970. The molecule has 0 aromatic heterocycles. The standard InChI is InChI=1S/C17H19IN2O2/c1-2-22-16-8-7-12(10-15(16)18)9-13(11-19)17(21)20-14-5-3-4-6-14/h7-10,14H,2-6H2,1H3,(H,20,21)/b13-9-. The maximum Gasteiger partial charge on any atom is 0.262 e. The number of amides is 1. The number of rotatable bonds is 5. The van der Waals surface area contributed by atoms with Gasteiger partial charge in [-0.1, -0.05) is 18.9 Å². The Balaban J connectivity index is 2.12. The third kappa shape index (κ3) is 4.47. The summed E-state index contributed by atoms with van der Waals surface area (Å²) in [7, 11) is 0. The predicted molar refractivity (Wildman–Crippen MR) is 94.3 cm³/mol. The van der Waals surface area contributed by atoms with Crippen LogP contribution in [-0.4, -0.2) is 18.6 Å². The van der Waals surface area contributed by atoms with E-state index in [1.807, 2.05) is 31.2 Å². The van der Waals surface area contributed by atoms with E-state index in [-0.39, 0.29) is 17.5 Å². The summed E-state index contributed by atoms with van der Waals surface area (Å²) in [6, 6.07) is 7.84. The van der Waals surface area contributed by atoms with Crippen LogP contribution in [0, 0.1) is 14.9 Å². The minimum absolute atomic E-state index is 0.145. The van der Waals surface area contributed by atoms with Crippen molar-refractivity contribution in [2.45, 2.75) is 38.6 Å². The Morgan fingerprint density at radius 1 is 1.50 bits per heavy atom. The Morgan fingerprint density at radius 3 is 2.82 bits per heavy atom. The van der Waals surface area contributed by atoms with Gasteiger partial charge in [-0.3, -0.25) is 4.79 Å². The first-order chi connectivity index (χ1) is 10.6. The quantitative estimate of drug-likeness (QED) is 0.458. The van der Waals surface area contributed by atoms with Gasteiger partial charge in [-0.15, -0.1) is 0 Å². The van der Waals surface area contributed by atoms with Gasteiger partial charge >= 0.3 is 0 Å². The molecule has 0 radical (unpaired) electrons. The molecule has 1 aliphatic rings. The van der Waals surface area contributed by atoms with Crippen molar-refractivity contribution in [1.29, 1.82) is 5.26 Å². The number of carbonyl (C=O) groups is 1. The molecule has 5 heteroatoms. The van der Waals surface area contributed by atoms with E-state index in [2.05, 4.69) is 27.9 Å². The smallest absolute Gasteiger partial charge is 0.262 e. The van der Waals surface area contributed by atoms with Crippen LogP contribution in [0.3, 0.4) is 0 Å². The molecule has 116 valence electrons. The SMILES string of the molecule is CCOc1ccc(/C=C(/C#N)C(=O)NC2CCCC2)cc1I. The molecule has 0 heterocycles. The molecule has 0 unspecified atom stereocenters. The highest BCUT2D eigenvalue weighted by Gasteiger charge is 2.19. The first-order valence-corrected chi connectivity index (χ1v) is 8.57. The number of carbonyl (C=O) groups excluding carboxylic acids is 1. The van der Waals surface area contributed by atoms with Crippen molar-refractivity contribution in [3.8, 4) is 11.8 Å². The van der Waals surface area contributed by atoms with Crippen LogP contribution in [-0.2, 0) is 4.79 Å². The molecule has 0 bridgehead atoms. The zero-order valence-electron chi connectivity index (χ0n) is 12.6. The molecule has 1 amide bonds. The maximum atomic E-state index is 12.2. The van der Waals surface area contributed by atoms with Crippen molar-refractivity contribution in [2.24, 2.45) is 0 Å². The molecule has 1 aromatic carbocycles. The number of hydrogen-bond acceptors (Lipinski definition) is 3. The summed E-state index contributed by atoms with van der Waals surface area (Å²) in [6.45, 7) is 2.55. The molecule has 1 fully saturated rings. The van der Waals surface area contributed by atoms with Crippen LogP contribution in [0.5, 0.6) is 5.75 Å². The van der Waals surface area contributed by atoms with E-state index >= 15 is 0 Å². The van der Waals surface area contributed by atoms with Crippen molar-refractivity contribution < 1.29 is 9.53 Å². The van der Waals surface area contributed by atoms with Crippen LogP contribution >= 0.6 is 22.6 Å². The second-order valence-corrected chi connectivity index (χ2v) is 6.41. The van der Waals surface area contributed by atoms with E-state index in [0.717, 1.165) is 40.6 Å². The molecule has 1 N–H and O–H groups in total. The Hall–Kier alpha value is -1.55. The van der Waals surface area contributed by atoms with Crippen molar-refractivity contribution in [3.05, 3.63) is 32.9 Å². The summed E-state index contributed by atoms with van der Waals surface area (Å²) < 4.78 is 6.45. The molecular formula is C17H19IN2O2. The number of hydrogen-bond donors (Lipinski definition) is 1. The lowest BCUT2D eigenvalue weighted by Crippen LogP contribution is -2.33. The third-order valence-corrected chi connectivity index (χ3v) is 4.47. The summed E-state index contributed by atoms with van der Waals surface area (Å²) in [4.78, 5) is 12.2. The van der Waals surface area contributed by atoms with E-state index < -0.39 is 0 Å². The van der Waals surface area contributed by atoms with Gasteiger partial charge in [0.05, 0.1) is 10.2 Å². The Labute approximate surface area is 144 Å². The summed E-state index contributed by atoms with van der Waals surface area (Å²) in [5, 5.41) is 12.2. The van der Waals surface area contributed by atoms with Gasteiger partial charge in [0.2, 0.25) is 0 Å². The molecule has 2 rings (SSSR count). The molecule has 1 aromatic rings. The van der Waals surface area contributed by atoms with Crippen LogP contribution in [0.1, 0.15) is 38.2 Å². The van der Waals surface area contributed by atoms with Crippen LogP contribution in [0.15, 0.2) is 23.8 Å². The predicted octanol–water partition coefficient (Wildman–Crippen LogP) is 3.66. The molecule has 0 aliphatic heterocycles. The fourth-order valence-electron chi connectivity index (χ4n) is 2.53. The summed E-state index contributed by atoms with van der Waals surface area (Å²) >= 11 is 2.19. The van der Waals surface area contributed by atoms with Crippen LogP contribution in [0.25, 0.3) is 6.08 Å². The van der Waals surface area contributed by atoms with Gasteiger partial charge in [-0.05, 0) is 66.1 Å². The molecule has 4 nitrogen and oxygen atoms in total. The van der Waals surface area contributed by atoms with Gasteiger partial charge in [-0.25, -0.2) is 0 Å². The highest BCUT2D eigenvalue weighted by molar-refractivity contribution is 14.1. The minimum atomic E-state index is -0.279. The number of benzene rings is 1. The second kappa shape index (κ2) is 8.18. The topological polar surface area (TPSA) is 62.1 Å². The van der Waals surface area contributed by atoms with Crippen LogP contribution in [0.2, 0.25) is 0 Å². The number of nitriles is 1. The average molecular weight is 410 g/mol. The largest absolute Gasteiger partial charge is 0.493 e. The monoisotopic (exact) mass is 410 g/mol. The van der Waals surface area contributed by atoms with Gasteiger partial charge in [0.15, 0.2) is 0 Å². The third-order valence-electron chi connectivity index (χ3n) is 3.62. The first kappa shape index (κ1) is 16.8. The highest BCUT2D eigenvalue weighted by atomic mass is 127. The number of nitrogens with one attached hydrogen (secondary N) is 1. The fourth-order valence-corrected chi connectivity index (χ4v) is 3.22. The van der Waals surface area contributed by atoms with Crippen molar-refractivity contribution in [1.82, 2.24) is 5.32 Å². The molecule has 1 aliphatic carbocycles. The minimum Gasteiger partial charge on any atom is -0.493 e. The second-order valence-electron chi connectivity index (χ2n) is 5.25. The Bertz CT molecular complexity index is 614. The Kier molecular flexibility index (Phi) is 6.25. The highest BCUT2D eigenvalue weighted by Crippen LogP contribution is 2.23. The van der Waals surface area contributed by atoms with Crippen molar-refractivity contribution in [2.75, 3.05) is 6.61 Å². The van der Waals surface area contributed by atoms with Gasteiger partial charge in [0.25, 0.3) is 5.91 Å². The molecule has 0 atom stereocenters.